The molecule has 0 bridgehead atoms. The lowest BCUT2D eigenvalue weighted by molar-refractivity contribution is 0.0384. The van der Waals surface area contributed by atoms with Crippen molar-refractivity contribution in [2.75, 3.05) is 0 Å². The summed E-state index contributed by atoms with van der Waals surface area (Å²) in [5.41, 5.74) is 0. The van der Waals surface area contributed by atoms with Crippen molar-refractivity contribution in [3.63, 3.8) is 0 Å². The summed E-state index contributed by atoms with van der Waals surface area (Å²) in [5, 5.41) is 0. The van der Waals surface area contributed by atoms with Gasteiger partial charge in [0, 0.05) is 10.7 Å². The van der Waals surface area contributed by atoms with Crippen LogP contribution in [-0.4, -0.2) is 11.3 Å². The molecule has 3 heteroatoms. The molecular formula is C11H18BrF2. The molecule has 1 saturated carbocycles. The Morgan fingerprint density at radius 1 is 1.50 bits per heavy atom. The SMILES string of the molecule is CCC(Br)C1CC(C)C[CH]C1C(F)F. The topological polar surface area (TPSA) is 0 Å². The molecule has 1 aliphatic rings. The monoisotopic (exact) mass is 267 g/mol. The second-order valence-electron chi connectivity index (χ2n) is 4.31. The van der Waals surface area contributed by atoms with E-state index in [4.69, 9.17) is 0 Å². The molecule has 4 atom stereocenters. The maximum Gasteiger partial charge on any atom is 0.242 e. The van der Waals surface area contributed by atoms with E-state index in [9.17, 15) is 8.78 Å². The Morgan fingerprint density at radius 3 is 2.64 bits per heavy atom. The molecule has 0 aromatic heterocycles. The molecule has 0 aliphatic heterocycles. The third-order valence-corrected chi connectivity index (χ3v) is 4.45. The van der Waals surface area contributed by atoms with Gasteiger partial charge in [0.05, 0.1) is 0 Å². The fourth-order valence-corrected chi connectivity index (χ4v) is 2.83. The van der Waals surface area contributed by atoms with Gasteiger partial charge in [-0.25, -0.2) is 8.78 Å². The minimum Gasteiger partial charge on any atom is -0.210 e. The second kappa shape index (κ2) is 5.43. The van der Waals surface area contributed by atoms with E-state index < -0.39 is 12.3 Å². The highest BCUT2D eigenvalue weighted by Gasteiger charge is 2.37. The third kappa shape index (κ3) is 2.91. The first kappa shape index (κ1) is 12.4. The van der Waals surface area contributed by atoms with Crippen molar-refractivity contribution in [2.45, 2.75) is 44.4 Å². The first-order chi connectivity index (χ1) is 6.56. The molecule has 1 fully saturated rings. The summed E-state index contributed by atoms with van der Waals surface area (Å²) < 4.78 is 25.5. The van der Waals surface area contributed by atoms with E-state index in [1.54, 1.807) is 0 Å². The molecule has 1 rings (SSSR count). The molecule has 0 N–H and O–H groups in total. The van der Waals surface area contributed by atoms with Crippen molar-refractivity contribution in [3.8, 4) is 0 Å². The van der Waals surface area contributed by atoms with E-state index >= 15 is 0 Å². The average Bonchev–Trinajstić information content (AvgIpc) is 2.16. The van der Waals surface area contributed by atoms with Crippen LogP contribution in [0.3, 0.4) is 0 Å². The average molecular weight is 268 g/mol. The summed E-state index contributed by atoms with van der Waals surface area (Å²) in [7, 11) is 0. The zero-order valence-electron chi connectivity index (χ0n) is 8.72. The molecule has 0 nitrogen and oxygen atoms in total. The number of hydrogen-bond acceptors (Lipinski definition) is 0. The van der Waals surface area contributed by atoms with Crippen LogP contribution < -0.4 is 0 Å². The zero-order valence-corrected chi connectivity index (χ0v) is 10.3. The van der Waals surface area contributed by atoms with Crippen LogP contribution >= 0.6 is 15.9 Å². The standard InChI is InChI=1S/C11H18BrF2/c1-3-10(12)9-6-7(2)4-5-8(9)11(13)14/h5,7-11H,3-4,6H2,1-2H3. The third-order valence-electron chi connectivity index (χ3n) is 3.13. The second-order valence-corrected chi connectivity index (χ2v) is 5.49. The van der Waals surface area contributed by atoms with Crippen LogP contribution in [0.1, 0.15) is 33.1 Å². The lowest BCUT2D eigenvalue weighted by Gasteiger charge is -2.36. The minimum absolute atomic E-state index is 0.115. The van der Waals surface area contributed by atoms with E-state index in [0.29, 0.717) is 5.92 Å². The number of rotatable bonds is 3. The molecule has 0 spiro atoms. The molecule has 4 unspecified atom stereocenters. The van der Waals surface area contributed by atoms with Crippen molar-refractivity contribution < 1.29 is 8.78 Å². The molecule has 83 valence electrons. The number of halogens is 3. The Bertz CT molecular complexity index is 173. The first-order valence-electron chi connectivity index (χ1n) is 5.31. The summed E-state index contributed by atoms with van der Waals surface area (Å²) in [4.78, 5) is 0.237. The van der Waals surface area contributed by atoms with Crippen LogP contribution in [0, 0.1) is 24.2 Å². The largest absolute Gasteiger partial charge is 0.242 e. The molecular weight excluding hydrogens is 250 g/mol. The first-order valence-corrected chi connectivity index (χ1v) is 6.23. The van der Waals surface area contributed by atoms with Gasteiger partial charge in [-0.2, -0.15) is 0 Å². The smallest absolute Gasteiger partial charge is 0.210 e. The van der Waals surface area contributed by atoms with Gasteiger partial charge < -0.3 is 0 Å². The van der Waals surface area contributed by atoms with Crippen LogP contribution in [0.2, 0.25) is 0 Å². The summed E-state index contributed by atoms with van der Waals surface area (Å²) in [6.45, 7) is 4.18. The highest BCUT2D eigenvalue weighted by atomic mass is 79.9. The van der Waals surface area contributed by atoms with Crippen LogP contribution in [0.25, 0.3) is 0 Å². The molecule has 0 aromatic rings. The van der Waals surface area contributed by atoms with Gasteiger partial charge in [0.1, 0.15) is 0 Å². The normalized spacial score (nSPS) is 36.0. The van der Waals surface area contributed by atoms with E-state index in [0.717, 1.165) is 19.3 Å². The fraction of sp³-hybridized carbons (Fsp3) is 0.909. The van der Waals surface area contributed by atoms with E-state index in [1.165, 1.54) is 0 Å². The molecule has 14 heavy (non-hydrogen) atoms. The molecule has 0 aromatic carbocycles. The van der Waals surface area contributed by atoms with E-state index in [2.05, 4.69) is 22.9 Å². The van der Waals surface area contributed by atoms with Gasteiger partial charge in [0.25, 0.3) is 0 Å². The minimum atomic E-state index is -2.20. The van der Waals surface area contributed by atoms with Crippen LogP contribution in [0.4, 0.5) is 8.78 Å². The van der Waals surface area contributed by atoms with Crippen LogP contribution in [0.5, 0.6) is 0 Å². The Labute approximate surface area is 93.6 Å². The predicted molar refractivity (Wildman–Crippen MR) is 58.7 cm³/mol. The van der Waals surface area contributed by atoms with Gasteiger partial charge in [-0.05, 0) is 37.5 Å². The van der Waals surface area contributed by atoms with Crippen molar-refractivity contribution in [3.05, 3.63) is 6.42 Å². The summed E-state index contributed by atoms with van der Waals surface area (Å²) in [6.07, 6.45) is 2.32. The van der Waals surface area contributed by atoms with E-state index in [-0.39, 0.29) is 10.7 Å². The number of hydrogen-bond donors (Lipinski definition) is 0. The number of alkyl halides is 3. The summed E-state index contributed by atoms with van der Waals surface area (Å²) >= 11 is 3.52. The Morgan fingerprint density at radius 2 is 2.14 bits per heavy atom. The van der Waals surface area contributed by atoms with Gasteiger partial charge in [-0.1, -0.05) is 29.8 Å². The van der Waals surface area contributed by atoms with Crippen molar-refractivity contribution in [2.24, 2.45) is 17.8 Å². The quantitative estimate of drug-likeness (QED) is 0.670. The molecule has 1 aliphatic carbocycles. The molecule has 0 saturated heterocycles. The lowest BCUT2D eigenvalue weighted by Crippen LogP contribution is -2.34. The Hall–Kier alpha value is 0.340. The zero-order chi connectivity index (χ0) is 10.7. The van der Waals surface area contributed by atoms with Gasteiger partial charge in [0.15, 0.2) is 0 Å². The van der Waals surface area contributed by atoms with Crippen molar-refractivity contribution in [1.29, 1.82) is 0 Å². The molecule has 0 heterocycles. The lowest BCUT2D eigenvalue weighted by atomic mass is 9.73. The highest BCUT2D eigenvalue weighted by molar-refractivity contribution is 9.09. The maximum atomic E-state index is 12.7. The van der Waals surface area contributed by atoms with Gasteiger partial charge in [-0.15, -0.1) is 0 Å². The van der Waals surface area contributed by atoms with Gasteiger partial charge in [0.2, 0.25) is 6.43 Å². The van der Waals surface area contributed by atoms with Crippen molar-refractivity contribution in [1.82, 2.24) is 0 Å². The van der Waals surface area contributed by atoms with Crippen LogP contribution in [-0.2, 0) is 0 Å². The molecule has 0 amide bonds. The van der Waals surface area contributed by atoms with Crippen LogP contribution in [0.15, 0.2) is 0 Å². The summed E-state index contributed by atoms with van der Waals surface area (Å²) in [5.74, 6) is 0.167. The summed E-state index contributed by atoms with van der Waals surface area (Å²) in [6, 6.07) is 0. The van der Waals surface area contributed by atoms with Gasteiger partial charge >= 0.3 is 0 Å². The highest BCUT2D eigenvalue weighted by Crippen LogP contribution is 2.41. The fourth-order valence-electron chi connectivity index (χ4n) is 2.26. The molecule has 1 radical (unpaired) electrons. The van der Waals surface area contributed by atoms with Gasteiger partial charge in [-0.3, -0.25) is 0 Å². The van der Waals surface area contributed by atoms with Crippen molar-refractivity contribution >= 4 is 15.9 Å². The Balaban J connectivity index is 2.63. The Kier molecular flexibility index (Phi) is 4.81. The van der Waals surface area contributed by atoms with E-state index in [1.807, 2.05) is 13.3 Å². The maximum absolute atomic E-state index is 12.7. The predicted octanol–water partition coefficient (Wildman–Crippen LogP) is 4.29.